The molecule has 0 unspecified atom stereocenters. The van der Waals surface area contributed by atoms with E-state index in [4.69, 9.17) is 0 Å². The Balaban J connectivity index is 1.77. The quantitative estimate of drug-likeness (QED) is 0.592. The first-order valence-electron chi connectivity index (χ1n) is 7.00. The van der Waals surface area contributed by atoms with Crippen LogP contribution in [0.2, 0.25) is 0 Å². The van der Waals surface area contributed by atoms with Crippen LogP contribution in [-0.2, 0) is 11.2 Å². The summed E-state index contributed by atoms with van der Waals surface area (Å²) < 4.78 is 0. The number of nitro groups is 1. The van der Waals surface area contributed by atoms with Crippen LogP contribution in [0.25, 0.3) is 10.9 Å². The predicted octanol–water partition coefficient (Wildman–Crippen LogP) is 3.32. The number of carbonyl (C=O) groups excluding carboxylic acids is 1. The monoisotopic (exact) mass is 307 g/mol. The van der Waals surface area contributed by atoms with Gasteiger partial charge in [-0.2, -0.15) is 0 Å². The molecule has 1 N–H and O–H groups in total. The summed E-state index contributed by atoms with van der Waals surface area (Å²) in [5.74, 6) is -0.323. The summed E-state index contributed by atoms with van der Waals surface area (Å²) in [6, 6.07) is 15.6. The van der Waals surface area contributed by atoms with Gasteiger partial charge in [-0.15, -0.1) is 0 Å². The van der Waals surface area contributed by atoms with Crippen molar-refractivity contribution in [1.82, 2.24) is 4.98 Å². The number of carbonyl (C=O) groups is 1. The predicted molar refractivity (Wildman–Crippen MR) is 87.2 cm³/mol. The molecular formula is C17H13N3O3. The van der Waals surface area contributed by atoms with E-state index in [1.807, 2.05) is 30.3 Å². The number of rotatable bonds is 4. The van der Waals surface area contributed by atoms with Gasteiger partial charge >= 0.3 is 0 Å². The molecule has 23 heavy (non-hydrogen) atoms. The molecule has 0 spiro atoms. The maximum atomic E-state index is 12.1. The van der Waals surface area contributed by atoms with Gasteiger partial charge < -0.3 is 5.32 Å². The molecule has 6 nitrogen and oxygen atoms in total. The van der Waals surface area contributed by atoms with Crippen LogP contribution in [0.5, 0.6) is 0 Å². The fourth-order valence-electron chi connectivity index (χ4n) is 2.36. The third kappa shape index (κ3) is 3.32. The molecule has 1 aromatic heterocycles. The van der Waals surface area contributed by atoms with Gasteiger partial charge in [0.25, 0.3) is 5.69 Å². The highest BCUT2D eigenvalue weighted by Crippen LogP contribution is 2.20. The molecule has 0 bridgehead atoms. The number of para-hydroxylation sites is 2. The van der Waals surface area contributed by atoms with Gasteiger partial charge in [-0.3, -0.25) is 19.9 Å². The van der Waals surface area contributed by atoms with E-state index in [1.54, 1.807) is 24.4 Å². The van der Waals surface area contributed by atoms with E-state index in [0.717, 1.165) is 10.9 Å². The maximum absolute atomic E-state index is 12.1. The molecule has 0 saturated heterocycles. The zero-order valence-corrected chi connectivity index (χ0v) is 12.1. The number of anilines is 1. The van der Waals surface area contributed by atoms with Gasteiger partial charge in [0, 0.05) is 17.0 Å². The van der Waals surface area contributed by atoms with Crippen LogP contribution in [0.15, 0.2) is 60.8 Å². The number of aromatic nitrogens is 1. The number of hydrogen-bond acceptors (Lipinski definition) is 4. The summed E-state index contributed by atoms with van der Waals surface area (Å²) in [6.45, 7) is 0. The Labute approximate surface area is 131 Å². The van der Waals surface area contributed by atoms with Crippen LogP contribution in [0.4, 0.5) is 11.4 Å². The lowest BCUT2D eigenvalue weighted by molar-refractivity contribution is -0.385. The lowest BCUT2D eigenvalue weighted by Gasteiger charge is -2.06. The van der Waals surface area contributed by atoms with E-state index in [1.165, 1.54) is 6.07 Å². The summed E-state index contributed by atoms with van der Waals surface area (Å²) >= 11 is 0. The van der Waals surface area contributed by atoms with Crippen LogP contribution in [0.1, 0.15) is 5.56 Å². The van der Waals surface area contributed by atoms with Crippen molar-refractivity contribution in [1.29, 1.82) is 0 Å². The lowest BCUT2D eigenvalue weighted by Crippen LogP contribution is -2.15. The number of benzene rings is 2. The van der Waals surface area contributed by atoms with Crippen molar-refractivity contribution in [2.75, 3.05) is 5.32 Å². The minimum atomic E-state index is -0.486. The number of pyridine rings is 1. The van der Waals surface area contributed by atoms with E-state index < -0.39 is 4.92 Å². The minimum absolute atomic E-state index is 0.0562. The third-order valence-electron chi connectivity index (χ3n) is 3.41. The topological polar surface area (TPSA) is 85.1 Å². The fourth-order valence-corrected chi connectivity index (χ4v) is 2.36. The molecule has 1 amide bonds. The van der Waals surface area contributed by atoms with E-state index in [9.17, 15) is 14.9 Å². The first kappa shape index (κ1) is 14.6. The summed E-state index contributed by atoms with van der Waals surface area (Å²) in [5.41, 5.74) is 1.72. The molecule has 0 aliphatic rings. The van der Waals surface area contributed by atoms with Crippen LogP contribution < -0.4 is 5.32 Å². The Morgan fingerprint density at radius 3 is 2.70 bits per heavy atom. The highest BCUT2D eigenvalue weighted by Gasteiger charge is 2.15. The molecule has 3 aromatic rings. The highest BCUT2D eigenvalue weighted by atomic mass is 16.6. The lowest BCUT2D eigenvalue weighted by atomic mass is 10.1. The highest BCUT2D eigenvalue weighted by molar-refractivity contribution is 5.94. The second-order valence-corrected chi connectivity index (χ2v) is 5.03. The van der Waals surface area contributed by atoms with Crippen LogP contribution in [0.3, 0.4) is 0 Å². The Bertz CT molecular complexity index is 893. The molecule has 0 radical (unpaired) electrons. The minimum Gasteiger partial charge on any atom is -0.324 e. The van der Waals surface area contributed by atoms with Crippen molar-refractivity contribution in [3.63, 3.8) is 0 Å². The summed E-state index contributed by atoms with van der Waals surface area (Å²) in [7, 11) is 0. The van der Waals surface area contributed by atoms with Crippen molar-refractivity contribution >= 4 is 28.2 Å². The first-order valence-corrected chi connectivity index (χ1v) is 7.00. The van der Waals surface area contributed by atoms with Gasteiger partial charge in [-0.1, -0.05) is 36.4 Å². The van der Waals surface area contributed by atoms with Gasteiger partial charge in [-0.25, -0.2) is 0 Å². The standard InChI is InChI=1S/C17H13N3O3/c21-17(10-13-6-2-4-8-16(13)20(22)23)19-14-9-12-5-1-3-7-15(12)18-11-14/h1-9,11H,10H2,(H,19,21). The van der Waals surface area contributed by atoms with Crippen LogP contribution in [-0.4, -0.2) is 15.8 Å². The van der Waals surface area contributed by atoms with Crippen molar-refractivity contribution < 1.29 is 9.72 Å². The van der Waals surface area contributed by atoms with E-state index in [0.29, 0.717) is 11.3 Å². The van der Waals surface area contributed by atoms with Gasteiger partial charge in [-0.05, 0) is 12.1 Å². The zero-order valence-electron chi connectivity index (χ0n) is 12.1. The Morgan fingerprint density at radius 1 is 1.13 bits per heavy atom. The number of nitrogens with zero attached hydrogens (tertiary/aromatic N) is 2. The molecule has 0 atom stereocenters. The average molecular weight is 307 g/mol. The number of nitro benzene ring substituents is 1. The molecule has 0 fully saturated rings. The summed E-state index contributed by atoms with van der Waals surface area (Å²) in [6.07, 6.45) is 1.50. The van der Waals surface area contributed by atoms with Gasteiger partial charge in [0.15, 0.2) is 0 Å². The second kappa shape index (κ2) is 6.23. The molecule has 2 aromatic carbocycles. The van der Waals surface area contributed by atoms with E-state index in [2.05, 4.69) is 10.3 Å². The molecule has 114 valence electrons. The van der Waals surface area contributed by atoms with Crippen molar-refractivity contribution in [2.24, 2.45) is 0 Å². The second-order valence-electron chi connectivity index (χ2n) is 5.03. The Kier molecular flexibility index (Phi) is 3.97. The average Bonchev–Trinajstić information content (AvgIpc) is 2.55. The first-order chi connectivity index (χ1) is 11.1. The smallest absolute Gasteiger partial charge is 0.273 e. The van der Waals surface area contributed by atoms with Gasteiger partial charge in [0.05, 0.1) is 28.7 Å². The number of nitrogens with one attached hydrogen (secondary N) is 1. The van der Waals surface area contributed by atoms with E-state index in [-0.39, 0.29) is 18.0 Å². The normalized spacial score (nSPS) is 10.4. The molecule has 6 heteroatoms. The molecule has 0 aliphatic heterocycles. The van der Waals surface area contributed by atoms with Crippen LogP contribution in [0, 0.1) is 10.1 Å². The fraction of sp³-hybridized carbons (Fsp3) is 0.0588. The summed E-state index contributed by atoms with van der Waals surface area (Å²) in [5, 5.41) is 14.6. The zero-order chi connectivity index (χ0) is 16.2. The maximum Gasteiger partial charge on any atom is 0.273 e. The van der Waals surface area contributed by atoms with Gasteiger partial charge in [0.2, 0.25) is 5.91 Å². The number of hydrogen-bond donors (Lipinski definition) is 1. The molecule has 0 saturated carbocycles. The number of fused-ring (bicyclic) bond motifs is 1. The molecule has 1 heterocycles. The SMILES string of the molecule is O=C(Cc1ccccc1[N+](=O)[O-])Nc1cnc2ccccc2c1. The Morgan fingerprint density at radius 2 is 1.87 bits per heavy atom. The van der Waals surface area contributed by atoms with Crippen molar-refractivity contribution in [3.8, 4) is 0 Å². The largest absolute Gasteiger partial charge is 0.324 e. The Hall–Kier alpha value is -3.28. The third-order valence-corrected chi connectivity index (χ3v) is 3.41. The summed E-state index contributed by atoms with van der Waals surface area (Å²) in [4.78, 5) is 26.9. The van der Waals surface area contributed by atoms with Crippen LogP contribution >= 0.6 is 0 Å². The number of amides is 1. The molecular weight excluding hydrogens is 294 g/mol. The van der Waals surface area contributed by atoms with Crippen molar-refractivity contribution in [3.05, 3.63) is 76.5 Å². The van der Waals surface area contributed by atoms with E-state index >= 15 is 0 Å². The molecule has 3 rings (SSSR count). The van der Waals surface area contributed by atoms with Gasteiger partial charge in [0.1, 0.15) is 0 Å². The van der Waals surface area contributed by atoms with Crippen molar-refractivity contribution in [2.45, 2.75) is 6.42 Å². The molecule has 0 aliphatic carbocycles.